The van der Waals surface area contributed by atoms with Gasteiger partial charge in [-0.3, -0.25) is 4.79 Å². The summed E-state index contributed by atoms with van der Waals surface area (Å²) in [7, 11) is 0. The number of carbonyl (C=O) groups excluding carboxylic acids is 1. The highest BCUT2D eigenvalue weighted by Crippen LogP contribution is 2.19. The van der Waals surface area contributed by atoms with Gasteiger partial charge in [0.05, 0.1) is 5.69 Å². The highest BCUT2D eigenvalue weighted by Gasteiger charge is 2.06. The quantitative estimate of drug-likeness (QED) is 0.679. The van der Waals surface area contributed by atoms with Crippen molar-refractivity contribution in [1.29, 1.82) is 0 Å². The van der Waals surface area contributed by atoms with Gasteiger partial charge in [0.25, 0.3) is 0 Å². The zero-order valence-corrected chi connectivity index (χ0v) is 7.25. The van der Waals surface area contributed by atoms with Crippen molar-refractivity contribution in [3.63, 3.8) is 0 Å². The second-order valence-electron chi connectivity index (χ2n) is 2.32. The first kappa shape index (κ1) is 8.87. The summed E-state index contributed by atoms with van der Waals surface area (Å²) in [4.78, 5) is 10.8. The third kappa shape index (κ3) is 1.89. The Kier molecular flexibility index (Phi) is 2.55. The predicted octanol–water partition coefficient (Wildman–Crippen LogP) is 1.90. The normalized spacial score (nSPS) is 9.50. The highest BCUT2D eigenvalue weighted by molar-refractivity contribution is 6.36. The zero-order valence-electron chi connectivity index (χ0n) is 6.49. The average Bonchev–Trinajstić information content (AvgIpc) is 2.04. The molecule has 0 fully saturated rings. The van der Waals surface area contributed by atoms with Crippen molar-refractivity contribution >= 4 is 23.4 Å². The van der Waals surface area contributed by atoms with Crippen LogP contribution in [0.4, 0.5) is 5.69 Å². The molecule has 0 heterocycles. The van der Waals surface area contributed by atoms with Gasteiger partial charge in [-0.25, -0.2) is 4.42 Å². The average molecular weight is 186 g/mol. The summed E-state index contributed by atoms with van der Waals surface area (Å²) < 4.78 is 0.986. The maximum absolute atomic E-state index is 10.8. The number of phenolic OH excluding ortho intramolecular Hbond substituents is 1. The molecule has 1 aromatic rings. The van der Waals surface area contributed by atoms with Gasteiger partial charge in [0.2, 0.25) is 5.91 Å². The first-order valence-corrected chi connectivity index (χ1v) is 3.70. The largest absolute Gasteiger partial charge is 0.508 e. The Hall–Kier alpha value is -1.22. The fourth-order valence-corrected chi connectivity index (χ4v) is 0.878. The molecule has 1 amide bonds. The third-order valence-corrected chi connectivity index (χ3v) is 1.79. The van der Waals surface area contributed by atoms with Gasteiger partial charge in [0, 0.05) is 18.7 Å². The Morgan fingerprint density at radius 1 is 1.42 bits per heavy atom. The topological polar surface area (TPSA) is 40.5 Å². The molecule has 1 N–H and O–H groups in total. The van der Waals surface area contributed by atoms with E-state index >= 15 is 0 Å². The SMILES string of the molecule is CC(=O)N(Cl)c1ccc(O)cc1. The van der Waals surface area contributed by atoms with Crippen molar-refractivity contribution in [2.45, 2.75) is 6.92 Å². The number of hydrogen-bond donors (Lipinski definition) is 1. The molecule has 0 aromatic heterocycles. The first-order chi connectivity index (χ1) is 5.61. The van der Waals surface area contributed by atoms with E-state index in [1.165, 1.54) is 19.1 Å². The van der Waals surface area contributed by atoms with Crippen molar-refractivity contribution in [2.24, 2.45) is 0 Å². The number of rotatable bonds is 1. The van der Waals surface area contributed by atoms with Crippen LogP contribution in [0.25, 0.3) is 0 Å². The van der Waals surface area contributed by atoms with Gasteiger partial charge in [-0.2, -0.15) is 0 Å². The van der Waals surface area contributed by atoms with E-state index in [0.717, 1.165) is 4.42 Å². The molecule has 4 heteroatoms. The number of amides is 1. The van der Waals surface area contributed by atoms with E-state index in [9.17, 15) is 4.79 Å². The summed E-state index contributed by atoms with van der Waals surface area (Å²) >= 11 is 5.60. The van der Waals surface area contributed by atoms with E-state index in [4.69, 9.17) is 16.9 Å². The molecule has 0 aliphatic rings. The predicted molar refractivity (Wildman–Crippen MR) is 47.1 cm³/mol. The molecular weight excluding hydrogens is 178 g/mol. The van der Waals surface area contributed by atoms with Gasteiger partial charge in [-0.05, 0) is 24.3 Å². The molecular formula is C8H8ClNO2. The van der Waals surface area contributed by atoms with Gasteiger partial charge < -0.3 is 5.11 Å². The lowest BCUT2D eigenvalue weighted by Gasteiger charge is -2.10. The molecule has 0 radical (unpaired) electrons. The Balaban J connectivity index is 2.89. The highest BCUT2D eigenvalue weighted by atomic mass is 35.5. The summed E-state index contributed by atoms with van der Waals surface area (Å²) in [5.74, 6) is -0.116. The lowest BCUT2D eigenvalue weighted by Crippen LogP contribution is -2.15. The minimum absolute atomic E-state index is 0.146. The van der Waals surface area contributed by atoms with Gasteiger partial charge in [0.15, 0.2) is 0 Å². The summed E-state index contributed by atoms with van der Waals surface area (Å²) in [5, 5.41) is 8.93. The molecule has 0 aliphatic carbocycles. The van der Waals surface area contributed by atoms with Gasteiger partial charge >= 0.3 is 0 Å². The molecule has 0 atom stereocenters. The fraction of sp³-hybridized carbons (Fsp3) is 0.125. The molecule has 0 unspecified atom stereocenters. The van der Waals surface area contributed by atoms with Crippen LogP contribution in [0.5, 0.6) is 5.75 Å². The molecule has 0 saturated heterocycles. The van der Waals surface area contributed by atoms with Crippen molar-refractivity contribution in [3.8, 4) is 5.75 Å². The van der Waals surface area contributed by atoms with Crippen LogP contribution in [-0.2, 0) is 4.79 Å². The minimum Gasteiger partial charge on any atom is -0.508 e. The minimum atomic E-state index is -0.262. The molecule has 0 spiro atoms. The van der Waals surface area contributed by atoms with Crippen LogP contribution in [0.1, 0.15) is 6.92 Å². The molecule has 3 nitrogen and oxygen atoms in total. The van der Waals surface area contributed by atoms with Crippen molar-refractivity contribution in [2.75, 3.05) is 4.42 Å². The van der Waals surface area contributed by atoms with E-state index in [1.54, 1.807) is 12.1 Å². The summed E-state index contributed by atoms with van der Waals surface area (Å²) in [6.45, 7) is 1.36. The third-order valence-electron chi connectivity index (χ3n) is 1.35. The Morgan fingerprint density at radius 3 is 2.33 bits per heavy atom. The van der Waals surface area contributed by atoms with E-state index in [-0.39, 0.29) is 11.7 Å². The van der Waals surface area contributed by atoms with Crippen molar-refractivity contribution in [3.05, 3.63) is 24.3 Å². The molecule has 1 rings (SSSR count). The number of phenols is 1. The van der Waals surface area contributed by atoms with Crippen LogP contribution < -0.4 is 4.42 Å². The second kappa shape index (κ2) is 3.45. The van der Waals surface area contributed by atoms with Crippen LogP contribution in [0.15, 0.2) is 24.3 Å². The van der Waals surface area contributed by atoms with E-state index < -0.39 is 0 Å². The van der Waals surface area contributed by atoms with E-state index in [0.29, 0.717) is 5.69 Å². The maximum atomic E-state index is 10.8. The Morgan fingerprint density at radius 2 is 1.92 bits per heavy atom. The number of halogens is 1. The maximum Gasteiger partial charge on any atom is 0.238 e. The lowest BCUT2D eigenvalue weighted by molar-refractivity contribution is -0.115. The van der Waals surface area contributed by atoms with E-state index in [2.05, 4.69) is 0 Å². The number of benzene rings is 1. The van der Waals surface area contributed by atoms with Crippen molar-refractivity contribution < 1.29 is 9.90 Å². The van der Waals surface area contributed by atoms with Gasteiger partial charge in [0.1, 0.15) is 5.75 Å². The second-order valence-corrected chi connectivity index (χ2v) is 2.65. The molecule has 12 heavy (non-hydrogen) atoms. The lowest BCUT2D eigenvalue weighted by atomic mass is 10.3. The molecule has 1 aromatic carbocycles. The Labute approximate surface area is 75.3 Å². The van der Waals surface area contributed by atoms with E-state index in [1.807, 2.05) is 0 Å². The zero-order chi connectivity index (χ0) is 9.14. The number of nitrogens with zero attached hydrogens (tertiary/aromatic N) is 1. The molecule has 64 valence electrons. The van der Waals surface area contributed by atoms with Crippen LogP contribution in [-0.4, -0.2) is 11.0 Å². The standard InChI is InChI=1S/C8H8ClNO2/c1-6(11)10(9)7-2-4-8(12)5-3-7/h2-5,12H,1H3. The van der Waals surface area contributed by atoms with Crippen LogP contribution in [0.3, 0.4) is 0 Å². The Bertz CT molecular complexity index is 284. The molecule has 0 aliphatic heterocycles. The van der Waals surface area contributed by atoms with Crippen LogP contribution >= 0.6 is 11.8 Å². The van der Waals surface area contributed by atoms with Crippen LogP contribution in [0.2, 0.25) is 0 Å². The molecule has 0 saturated carbocycles. The summed E-state index contributed by atoms with van der Waals surface area (Å²) in [6.07, 6.45) is 0. The summed E-state index contributed by atoms with van der Waals surface area (Å²) in [6, 6.07) is 6.05. The smallest absolute Gasteiger partial charge is 0.238 e. The summed E-state index contributed by atoms with van der Waals surface area (Å²) in [5.41, 5.74) is 0.543. The number of anilines is 1. The first-order valence-electron chi connectivity index (χ1n) is 3.37. The van der Waals surface area contributed by atoms with Crippen LogP contribution in [0, 0.1) is 0 Å². The van der Waals surface area contributed by atoms with Crippen molar-refractivity contribution in [1.82, 2.24) is 0 Å². The van der Waals surface area contributed by atoms with Gasteiger partial charge in [-0.15, -0.1) is 0 Å². The number of carbonyl (C=O) groups is 1. The fourth-order valence-electron chi connectivity index (χ4n) is 0.765. The van der Waals surface area contributed by atoms with Gasteiger partial charge in [-0.1, -0.05) is 0 Å². The number of hydrogen-bond acceptors (Lipinski definition) is 2. The number of aromatic hydroxyl groups is 1. The molecule has 0 bridgehead atoms. The monoisotopic (exact) mass is 185 g/mol.